The Bertz CT molecular complexity index is 661. The van der Waals surface area contributed by atoms with Gasteiger partial charge in [0.1, 0.15) is 17.2 Å². The summed E-state index contributed by atoms with van der Waals surface area (Å²) >= 11 is 1.45. The van der Waals surface area contributed by atoms with Crippen LogP contribution in [0.2, 0.25) is 0 Å². The summed E-state index contributed by atoms with van der Waals surface area (Å²) in [5.74, 6) is -0.456. The largest absolute Gasteiger partial charge is 0.508 e. The Hall–Kier alpha value is -1.77. The van der Waals surface area contributed by atoms with Crippen molar-refractivity contribution in [3.05, 3.63) is 29.8 Å². The van der Waals surface area contributed by atoms with Gasteiger partial charge >= 0.3 is 0 Å². The Balaban J connectivity index is 1.64. The van der Waals surface area contributed by atoms with Gasteiger partial charge in [0, 0.05) is 4.75 Å². The van der Waals surface area contributed by atoms with Crippen LogP contribution in [0.5, 0.6) is 5.75 Å². The third-order valence-corrected chi connectivity index (χ3v) is 6.01. The van der Waals surface area contributed by atoms with Gasteiger partial charge < -0.3 is 25.5 Å². The smallest absolute Gasteiger partial charge is 0.249 e. The van der Waals surface area contributed by atoms with E-state index in [0.29, 0.717) is 0 Å². The summed E-state index contributed by atoms with van der Waals surface area (Å²) in [5.41, 5.74) is 0.733. The first-order valence-electron chi connectivity index (χ1n) is 7.64. The molecular formula is C16H20N2O5S. The third kappa shape index (κ3) is 2.85. The van der Waals surface area contributed by atoms with Crippen LogP contribution in [-0.4, -0.2) is 60.5 Å². The molecule has 1 aromatic carbocycles. The van der Waals surface area contributed by atoms with Gasteiger partial charge in [0.05, 0.1) is 12.5 Å². The number of carbonyl (C=O) groups is 2. The average molecular weight is 352 g/mol. The Morgan fingerprint density at radius 3 is 2.54 bits per heavy atom. The number of nitrogens with one attached hydrogen (secondary N) is 1. The highest BCUT2D eigenvalue weighted by Crippen LogP contribution is 2.51. The molecule has 3 rings (SSSR count). The van der Waals surface area contributed by atoms with Crippen molar-refractivity contribution < 1.29 is 24.9 Å². The van der Waals surface area contributed by atoms with Crippen molar-refractivity contribution in [2.75, 3.05) is 0 Å². The van der Waals surface area contributed by atoms with Gasteiger partial charge in [-0.3, -0.25) is 9.59 Å². The molecule has 2 aliphatic heterocycles. The number of hydrogen-bond acceptors (Lipinski definition) is 6. The van der Waals surface area contributed by atoms with Crippen LogP contribution in [0.4, 0.5) is 0 Å². The number of aliphatic hydroxyl groups excluding tert-OH is 1. The van der Waals surface area contributed by atoms with Crippen molar-refractivity contribution in [3.63, 3.8) is 0 Å². The molecule has 2 fully saturated rings. The van der Waals surface area contributed by atoms with Crippen LogP contribution in [0.1, 0.15) is 19.4 Å². The van der Waals surface area contributed by atoms with E-state index in [-0.39, 0.29) is 29.4 Å². The zero-order valence-electron chi connectivity index (χ0n) is 13.3. The molecule has 2 heterocycles. The first-order chi connectivity index (χ1) is 11.2. The zero-order chi connectivity index (χ0) is 17.6. The molecule has 7 nitrogen and oxygen atoms in total. The van der Waals surface area contributed by atoms with E-state index in [1.165, 1.54) is 28.8 Å². The number of phenolic OH excluding ortho intramolecular Hbond substituents is 1. The summed E-state index contributed by atoms with van der Waals surface area (Å²) in [6.07, 6.45) is -1.51. The lowest BCUT2D eigenvalue weighted by molar-refractivity contribution is -0.167. The van der Waals surface area contributed by atoms with Gasteiger partial charge in [-0.25, -0.2) is 0 Å². The number of β-lactam (4-membered cyclic amide) rings is 1. The van der Waals surface area contributed by atoms with Gasteiger partial charge in [-0.15, -0.1) is 11.8 Å². The molecule has 8 heteroatoms. The minimum absolute atomic E-state index is 0.108. The summed E-state index contributed by atoms with van der Waals surface area (Å²) in [5, 5.41) is 30.8. The molecule has 0 radical (unpaired) electrons. The molecule has 0 aliphatic carbocycles. The van der Waals surface area contributed by atoms with Gasteiger partial charge in [-0.2, -0.15) is 0 Å². The van der Waals surface area contributed by atoms with E-state index in [1.807, 2.05) is 13.8 Å². The van der Waals surface area contributed by atoms with Crippen molar-refractivity contribution in [1.29, 1.82) is 0 Å². The van der Waals surface area contributed by atoms with Crippen LogP contribution < -0.4 is 5.32 Å². The average Bonchev–Trinajstić information content (AvgIpc) is 2.76. The van der Waals surface area contributed by atoms with Gasteiger partial charge in [0.15, 0.2) is 6.29 Å². The topological polar surface area (TPSA) is 110 Å². The van der Waals surface area contributed by atoms with E-state index in [1.54, 1.807) is 12.1 Å². The third-order valence-electron chi connectivity index (χ3n) is 4.42. The molecule has 2 unspecified atom stereocenters. The van der Waals surface area contributed by atoms with E-state index < -0.39 is 23.1 Å². The fourth-order valence-electron chi connectivity index (χ4n) is 3.28. The number of fused-ring (bicyclic) bond motifs is 1. The monoisotopic (exact) mass is 352 g/mol. The maximum absolute atomic E-state index is 12.3. The summed E-state index contributed by atoms with van der Waals surface area (Å²) in [6, 6.07) is 4.96. The van der Waals surface area contributed by atoms with Crippen molar-refractivity contribution >= 4 is 23.6 Å². The highest BCUT2D eigenvalue weighted by Gasteiger charge is 2.63. The molecule has 3 atom stereocenters. The van der Waals surface area contributed by atoms with Crippen LogP contribution in [0.3, 0.4) is 0 Å². The van der Waals surface area contributed by atoms with Gasteiger partial charge in [0.25, 0.3) is 0 Å². The van der Waals surface area contributed by atoms with Crippen molar-refractivity contribution in [2.45, 2.75) is 48.8 Å². The Morgan fingerprint density at radius 2 is 1.96 bits per heavy atom. The van der Waals surface area contributed by atoms with E-state index in [2.05, 4.69) is 5.32 Å². The molecule has 4 N–H and O–H groups in total. The number of benzene rings is 1. The summed E-state index contributed by atoms with van der Waals surface area (Å²) < 4.78 is -0.509. The maximum atomic E-state index is 12.3. The van der Waals surface area contributed by atoms with Gasteiger partial charge in [0.2, 0.25) is 11.8 Å². The predicted molar refractivity (Wildman–Crippen MR) is 88.1 cm³/mol. The summed E-state index contributed by atoms with van der Waals surface area (Å²) in [7, 11) is 0. The summed E-state index contributed by atoms with van der Waals surface area (Å²) in [4.78, 5) is 25.9. The van der Waals surface area contributed by atoms with Crippen LogP contribution in [0.15, 0.2) is 24.3 Å². The first-order valence-corrected chi connectivity index (χ1v) is 8.52. The quantitative estimate of drug-likeness (QED) is 0.441. The SMILES string of the molecule is CC1(C)SC2[C@H](NC(=O)Cc3ccc(O)cc3)C(=O)N2C1C(O)O. The number of amides is 2. The molecule has 0 saturated carbocycles. The zero-order valence-corrected chi connectivity index (χ0v) is 14.2. The standard InChI is InChI=1S/C16H20N2O5S/c1-16(2)12(15(22)23)18-13(21)11(14(18)24-16)17-10(20)7-8-3-5-9(19)6-4-8/h3-6,11-12,14-15,19,22-23H,7H2,1-2H3,(H,17,20)/t11-,12?,14?/m1/s1. The van der Waals surface area contributed by atoms with Gasteiger partial charge in [-0.05, 0) is 31.5 Å². The lowest BCUT2D eigenvalue weighted by atomic mass is 9.95. The first kappa shape index (κ1) is 17.1. The van der Waals surface area contributed by atoms with Crippen LogP contribution in [0.25, 0.3) is 0 Å². The second-order valence-electron chi connectivity index (χ2n) is 6.60. The van der Waals surface area contributed by atoms with E-state index >= 15 is 0 Å². The number of carbonyl (C=O) groups excluding carboxylic acids is 2. The molecule has 0 bridgehead atoms. The number of thioether (sulfide) groups is 1. The molecule has 130 valence electrons. The Morgan fingerprint density at radius 1 is 1.33 bits per heavy atom. The summed E-state index contributed by atoms with van der Waals surface area (Å²) in [6.45, 7) is 3.70. The molecule has 2 aliphatic rings. The van der Waals surface area contributed by atoms with Crippen LogP contribution in [0, 0.1) is 0 Å². The number of hydrogen-bond donors (Lipinski definition) is 4. The fraction of sp³-hybridized carbons (Fsp3) is 0.500. The minimum atomic E-state index is -1.62. The lowest BCUT2D eigenvalue weighted by Gasteiger charge is -2.45. The number of nitrogens with zero attached hydrogens (tertiary/aromatic N) is 1. The normalized spacial score (nSPS) is 27.8. The molecular weight excluding hydrogens is 332 g/mol. The molecule has 0 spiro atoms. The van der Waals surface area contributed by atoms with E-state index in [4.69, 9.17) is 0 Å². The molecule has 24 heavy (non-hydrogen) atoms. The van der Waals surface area contributed by atoms with Crippen molar-refractivity contribution in [3.8, 4) is 5.75 Å². The lowest BCUT2D eigenvalue weighted by Crippen LogP contribution is -2.71. The number of aliphatic hydroxyl groups is 2. The maximum Gasteiger partial charge on any atom is 0.249 e. The highest BCUT2D eigenvalue weighted by atomic mass is 32.2. The van der Waals surface area contributed by atoms with Gasteiger partial charge in [-0.1, -0.05) is 12.1 Å². The van der Waals surface area contributed by atoms with E-state index in [9.17, 15) is 24.9 Å². The predicted octanol–water partition coefficient (Wildman–Crippen LogP) is -0.208. The van der Waals surface area contributed by atoms with Crippen LogP contribution >= 0.6 is 11.8 Å². The highest BCUT2D eigenvalue weighted by molar-refractivity contribution is 8.01. The Labute approximate surface area is 143 Å². The minimum Gasteiger partial charge on any atom is -0.508 e. The van der Waals surface area contributed by atoms with Crippen molar-refractivity contribution in [1.82, 2.24) is 10.2 Å². The molecule has 2 amide bonds. The molecule has 2 saturated heterocycles. The number of aromatic hydroxyl groups is 1. The second-order valence-corrected chi connectivity index (χ2v) is 8.38. The fourth-order valence-corrected chi connectivity index (χ4v) is 4.95. The second kappa shape index (κ2) is 5.94. The number of rotatable bonds is 4. The van der Waals surface area contributed by atoms with Crippen LogP contribution in [-0.2, 0) is 16.0 Å². The molecule has 1 aromatic rings. The van der Waals surface area contributed by atoms with E-state index in [0.717, 1.165) is 5.56 Å². The molecule has 0 aromatic heterocycles. The Kier molecular flexibility index (Phi) is 4.23. The van der Waals surface area contributed by atoms with Crippen molar-refractivity contribution in [2.24, 2.45) is 0 Å². The number of phenols is 1.